The molecule has 170 valence electrons. The molecule has 1 N–H and O–H groups in total. The number of benzene rings is 2. The van der Waals surface area contributed by atoms with Gasteiger partial charge in [0, 0.05) is 17.8 Å². The van der Waals surface area contributed by atoms with E-state index in [9.17, 15) is 4.79 Å². The molecule has 0 radical (unpaired) electrons. The van der Waals surface area contributed by atoms with E-state index in [1.807, 2.05) is 18.2 Å². The Bertz CT molecular complexity index is 1320. The first kappa shape index (κ1) is 22.5. The zero-order valence-electron chi connectivity index (χ0n) is 18.5. The topological polar surface area (TPSA) is 99.9 Å². The van der Waals surface area contributed by atoms with Crippen LogP contribution in [0.15, 0.2) is 42.5 Å². The van der Waals surface area contributed by atoms with Crippen molar-refractivity contribution in [2.24, 2.45) is 0 Å². The Kier molecular flexibility index (Phi) is 6.43. The minimum absolute atomic E-state index is 0.155. The van der Waals surface area contributed by atoms with Crippen molar-refractivity contribution in [1.82, 2.24) is 19.8 Å². The van der Waals surface area contributed by atoms with Gasteiger partial charge in [0.1, 0.15) is 0 Å². The highest BCUT2D eigenvalue weighted by atomic mass is 35.5. The van der Waals surface area contributed by atoms with Gasteiger partial charge in [0.25, 0.3) is 5.91 Å². The SMILES string of the molecule is COCc1nn2c(C)c(C(=O)Nc3ccc(Cl)cc3)nnc2c1-c1ccc(OC)c(OC)c1. The molecule has 0 spiro atoms. The summed E-state index contributed by atoms with van der Waals surface area (Å²) in [5, 5.41) is 16.6. The van der Waals surface area contributed by atoms with Crippen molar-refractivity contribution in [1.29, 1.82) is 0 Å². The highest BCUT2D eigenvalue weighted by Gasteiger charge is 2.23. The number of ether oxygens (including phenoxy) is 3. The molecule has 9 nitrogen and oxygen atoms in total. The summed E-state index contributed by atoms with van der Waals surface area (Å²) in [5.74, 6) is 0.775. The maximum absolute atomic E-state index is 12.9. The van der Waals surface area contributed by atoms with Gasteiger partial charge in [-0.2, -0.15) is 5.10 Å². The molecular formula is C23H22ClN5O4. The Hall–Kier alpha value is -3.69. The lowest BCUT2D eigenvalue weighted by Gasteiger charge is -2.10. The highest BCUT2D eigenvalue weighted by Crippen LogP contribution is 2.35. The predicted octanol–water partition coefficient (Wildman–Crippen LogP) is 4.17. The Morgan fingerprint density at radius 2 is 1.76 bits per heavy atom. The van der Waals surface area contributed by atoms with Crippen molar-refractivity contribution in [3.05, 3.63) is 64.6 Å². The fraction of sp³-hybridized carbons (Fsp3) is 0.217. The Balaban J connectivity index is 1.79. The molecular weight excluding hydrogens is 446 g/mol. The number of fused-ring (bicyclic) bond motifs is 1. The van der Waals surface area contributed by atoms with E-state index in [2.05, 4.69) is 20.6 Å². The van der Waals surface area contributed by atoms with E-state index in [4.69, 9.17) is 25.8 Å². The van der Waals surface area contributed by atoms with Crippen LogP contribution in [0, 0.1) is 6.92 Å². The molecule has 2 aromatic heterocycles. The smallest absolute Gasteiger partial charge is 0.278 e. The van der Waals surface area contributed by atoms with Crippen LogP contribution >= 0.6 is 11.6 Å². The molecule has 0 fully saturated rings. The molecule has 0 bridgehead atoms. The molecule has 0 atom stereocenters. The second-order valence-electron chi connectivity index (χ2n) is 7.15. The van der Waals surface area contributed by atoms with Crippen LogP contribution < -0.4 is 14.8 Å². The Labute approximate surface area is 195 Å². The third-order valence-corrected chi connectivity index (χ3v) is 5.36. The zero-order chi connectivity index (χ0) is 23.5. The standard InChI is InChI=1S/C23H22ClN5O4/c1-13-21(23(30)25-16-8-6-15(24)7-9-16)26-27-22-20(17(12-31-2)28-29(13)22)14-5-10-18(32-3)19(11-14)33-4/h5-11H,12H2,1-4H3,(H,25,30). The van der Waals surface area contributed by atoms with Crippen LogP contribution in [0.25, 0.3) is 16.8 Å². The molecule has 2 heterocycles. The number of rotatable bonds is 7. The molecule has 4 aromatic rings. The summed E-state index contributed by atoms with van der Waals surface area (Å²) in [7, 11) is 4.74. The van der Waals surface area contributed by atoms with E-state index < -0.39 is 5.91 Å². The molecule has 0 aliphatic rings. The van der Waals surface area contributed by atoms with E-state index in [1.165, 1.54) is 0 Å². The van der Waals surface area contributed by atoms with Gasteiger partial charge in [-0.1, -0.05) is 17.7 Å². The fourth-order valence-corrected chi connectivity index (χ4v) is 3.63. The number of carbonyl (C=O) groups is 1. The summed E-state index contributed by atoms with van der Waals surface area (Å²) < 4.78 is 17.7. The van der Waals surface area contributed by atoms with E-state index >= 15 is 0 Å². The summed E-state index contributed by atoms with van der Waals surface area (Å²) in [4.78, 5) is 12.9. The number of nitrogens with zero attached hydrogens (tertiary/aromatic N) is 4. The zero-order valence-corrected chi connectivity index (χ0v) is 19.3. The van der Waals surface area contributed by atoms with Crippen LogP contribution in [0.3, 0.4) is 0 Å². The van der Waals surface area contributed by atoms with Gasteiger partial charge in [-0.3, -0.25) is 4.79 Å². The number of methoxy groups -OCH3 is 3. The maximum Gasteiger partial charge on any atom is 0.278 e. The van der Waals surface area contributed by atoms with Gasteiger partial charge in [0.2, 0.25) is 0 Å². The third-order valence-electron chi connectivity index (χ3n) is 5.11. The number of amides is 1. The minimum atomic E-state index is -0.402. The van der Waals surface area contributed by atoms with Crippen LogP contribution in [0.5, 0.6) is 11.5 Å². The summed E-state index contributed by atoms with van der Waals surface area (Å²) in [6.45, 7) is 2.01. The predicted molar refractivity (Wildman–Crippen MR) is 124 cm³/mol. The minimum Gasteiger partial charge on any atom is -0.493 e. The van der Waals surface area contributed by atoms with Crippen LogP contribution in [0.4, 0.5) is 5.69 Å². The highest BCUT2D eigenvalue weighted by molar-refractivity contribution is 6.30. The lowest BCUT2D eigenvalue weighted by atomic mass is 10.1. The quantitative estimate of drug-likeness (QED) is 0.435. The van der Waals surface area contributed by atoms with Gasteiger partial charge in [0.05, 0.1) is 37.8 Å². The van der Waals surface area contributed by atoms with Crippen molar-refractivity contribution in [3.8, 4) is 22.6 Å². The van der Waals surface area contributed by atoms with E-state index in [0.29, 0.717) is 39.2 Å². The lowest BCUT2D eigenvalue weighted by Crippen LogP contribution is -2.18. The van der Waals surface area contributed by atoms with Gasteiger partial charge < -0.3 is 19.5 Å². The van der Waals surface area contributed by atoms with Gasteiger partial charge in [-0.25, -0.2) is 4.52 Å². The second-order valence-corrected chi connectivity index (χ2v) is 7.59. The average Bonchev–Trinajstić information content (AvgIpc) is 3.19. The van der Waals surface area contributed by atoms with Crippen LogP contribution in [0.1, 0.15) is 21.9 Å². The average molecular weight is 468 g/mol. The Morgan fingerprint density at radius 1 is 1.03 bits per heavy atom. The molecule has 2 aromatic carbocycles. The first-order valence-electron chi connectivity index (χ1n) is 10.00. The van der Waals surface area contributed by atoms with Gasteiger partial charge in [-0.15, -0.1) is 10.2 Å². The summed E-state index contributed by atoms with van der Waals surface area (Å²) in [5.41, 5.74) is 3.97. The number of aryl methyl sites for hydroxylation is 1. The van der Waals surface area contributed by atoms with E-state index in [1.54, 1.807) is 57.0 Å². The number of carbonyl (C=O) groups excluding carboxylic acids is 1. The van der Waals surface area contributed by atoms with E-state index in [-0.39, 0.29) is 12.3 Å². The Morgan fingerprint density at radius 3 is 2.42 bits per heavy atom. The molecule has 4 rings (SSSR count). The summed E-state index contributed by atoms with van der Waals surface area (Å²) in [6.07, 6.45) is 0. The molecule has 0 unspecified atom stereocenters. The summed E-state index contributed by atoms with van der Waals surface area (Å²) in [6, 6.07) is 12.3. The van der Waals surface area contributed by atoms with Crippen molar-refractivity contribution < 1.29 is 19.0 Å². The van der Waals surface area contributed by atoms with E-state index in [0.717, 1.165) is 11.1 Å². The fourth-order valence-electron chi connectivity index (χ4n) is 3.51. The van der Waals surface area contributed by atoms with Crippen molar-refractivity contribution in [2.75, 3.05) is 26.6 Å². The number of halogens is 1. The lowest BCUT2D eigenvalue weighted by molar-refractivity contribution is 0.102. The second kappa shape index (κ2) is 9.43. The first-order valence-corrected chi connectivity index (χ1v) is 10.4. The van der Waals surface area contributed by atoms with Crippen LogP contribution in [0.2, 0.25) is 5.02 Å². The maximum atomic E-state index is 12.9. The number of hydrogen-bond donors (Lipinski definition) is 1. The third kappa shape index (κ3) is 4.33. The van der Waals surface area contributed by atoms with Crippen LogP contribution in [-0.4, -0.2) is 47.0 Å². The molecule has 0 saturated carbocycles. The largest absolute Gasteiger partial charge is 0.493 e. The first-order chi connectivity index (χ1) is 16.0. The number of anilines is 1. The van der Waals surface area contributed by atoms with Gasteiger partial charge in [-0.05, 0) is 48.9 Å². The normalized spacial score (nSPS) is 10.9. The van der Waals surface area contributed by atoms with Gasteiger partial charge >= 0.3 is 0 Å². The molecule has 0 aliphatic heterocycles. The van der Waals surface area contributed by atoms with Crippen LogP contribution in [-0.2, 0) is 11.3 Å². The summed E-state index contributed by atoms with van der Waals surface area (Å²) >= 11 is 5.91. The molecule has 1 amide bonds. The molecule has 0 saturated heterocycles. The monoisotopic (exact) mass is 467 g/mol. The number of aromatic nitrogens is 4. The van der Waals surface area contributed by atoms with Crippen molar-refractivity contribution >= 4 is 28.8 Å². The van der Waals surface area contributed by atoms with Gasteiger partial charge in [0.15, 0.2) is 22.8 Å². The van der Waals surface area contributed by atoms with Crippen molar-refractivity contribution in [3.63, 3.8) is 0 Å². The molecule has 10 heteroatoms. The van der Waals surface area contributed by atoms with Crippen molar-refractivity contribution in [2.45, 2.75) is 13.5 Å². The molecule has 33 heavy (non-hydrogen) atoms. The number of nitrogens with one attached hydrogen (secondary N) is 1. The number of hydrogen-bond acceptors (Lipinski definition) is 7. The molecule has 0 aliphatic carbocycles.